The van der Waals surface area contributed by atoms with Crippen LogP contribution in [0, 0.1) is 6.92 Å². The van der Waals surface area contributed by atoms with E-state index in [4.69, 9.17) is 5.73 Å². The Kier molecular flexibility index (Phi) is 3.29. The summed E-state index contributed by atoms with van der Waals surface area (Å²) in [4.78, 5) is 22.0. The molecule has 112 valence electrons. The Balaban J connectivity index is 2.08. The predicted octanol–water partition coefficient (Wildman–Crippen LogP) is 2.14. The molecule has 0 fully saturated rings. The van der Waals surface area contributed by atoms with Crippen LogP contribution in [0.4, 0.5) is 11.5 Å². The Morgan fingerprint density at radius 2 is 2.05 bits per heavy atom. The van der Waals surface area contributed by atoms with Crippen molar-refractivity contribution in [3.63, 3.8) is 0 Å². The molecule has 2 aromatic heterocycles. The van der Waals surface area contributed by atoms with Crippen LogP contribution < -0.4 is 10.6 Å². The molecule has 0 atom stereocenters. The quantitative estimate of drug-likeness (QED) is 0.803. The van der Waals surface area contributed by atoms with Crippen molar-refractivity contribution in [2.75, 3.05) is 11.9 Å². The number of fused-ring (bicyclic) bond motifs is 1. The summed E-state index contributed by atoms with van der Waals surface area (Å²) in [6, 6.07) is 7.37. The Morgan fingerprint density at radius 3 is 2.77 bits per heavy atom. The van der Waals surface area contributed by atoms with Crippen molar-refractivity contribution in [2.24, 2.45) is 12.8 Å². The third-order valence-corrected chi connectivity index (χ3v) is 3.80. The van der Waals surface area contributed by atoms with Gasteiger partial charge in [0, 0.05) is 31.4 Å². The van der Waals surface area contributed by atoms with Gasteiger partial charge in [-0.1, -0.05) is 6.07 Å². The minimum absolute atomic E-state index is 0.440. The molecule has 6 heteroatoms. The van der Waals surface area contributed by atoms with Crippen molar-refractivity contribution >= 4 is 28.4 Å². The van der Waals surface area contributed by atoms with Crippen LogP contribution in [0.15, 0.2) is 36.8 Å². The van der Waals surface area contributed by atoms with Crippen LogP contribution in [-0.2, 0) is 7.05 Å². The number of carbonyl (C=O) groups is 1. The normalized spacial score (nSPS) is 10.9. The summed E-state index contributed by atoms with van der Waals surface area (Å²) in [6.07, 6.45) is 3.50. The first-order chi connectivity index (χ1) is 10.5. The van der Waals surface area contributed by atoms with Crippen molar-refractivity contribution in [1.82, 2.24) is 14.5 Å². The van der Waals surface area contributed by atoms with E-state index in [-0.39, 0.29) is 0 Å². The second kappa shape index (κ2) is 5.14. The molecule has 22 heavy (non-hydrogen) atoms. The second-order valence-corrected chi connectivity index (χ2v) is 5.31. The highest BCUT2D eigenvalue weighted by Crippen LogP contribution is 2.28. The summed E-state index contributed by atoms with van der Waals surface area (Å²) < 4.78 is 1.95. The van der Waals surface area contributed by atoms with Gasteiger partial charge in [0.15, 0.2) is 0 Å². The summed E-state index contributed by atoms with van der Waals surface area (Å²) in [6.45, 7) is 1.99. The Hall–Kier alpha value is -2.89. The van der Waals surface area contributed by atoms with Gasteiger partial charge in [-0.05, 0) is 24.6 Å². The summed E-state index contributed by atoms with van der Waals surface area (Å²) in [5, 5.41) is 0. The lowest BCUT2D eigenvalue weighted by Gasteiger charge is -2.21. The SMILES string of the molecule is Cc1ccc(C(N)=O)cc1N(C)c1cc2c(cn1)ncn2C. The summed E-state index contributed by atoms with van der Waals surface area (Å²) in [5.74, 6) is 0.338. The first-order valence-corrected chi connectivity index (χ1v) is 6.88. The molecule has 2 heterocycles. The number of hydrogen-bond acceptors (Lipinski definition) is 4. The third-order valence-electron chi connectivity index (χ3n) is 3.80. The molecule has 3 aromatic rings. The fourth-order valence-corrected chi connectivity index (χ4v) is 2.45. The van der Waals surface area contributed by atoms with E-state index in [1.807, 2.05) is 42.6 Å². The maximum atomic E-state index is 11.4. The Labute approximate surface area is 128 Å². The molecule has 0 spiro atoms. The van der Waals surface area contributed by atoms with E-state index in [2.05, 4.69) is 9.97 Å². The zero-order chi connectivity index (χ0) is 15.9. The largest absolute Gasteiger partial charge is 0.366 e. The van der Waals surface area contributed by atoms with Crippen LogP contribution in [0.5, 0.6) is 0 Å². The number of nitrogens with two attached hydrogens (primary N) is 1. The van der Waals surface area contributed by atoms with Crippen LogP contribution >= 0.6 is 0 Å². The van der Waals surface area contributed by atoms with E-state index < -0.39 is 5.91 Å². The van der Waals surface area contributed by atoms with E-state index in [9.17, 15) is 4.79 Å². The lowest BCUT2D eigenvalue weighted by molar-refractivity contribution is 0.100. The van der Waals surface area contributed by atoms with Crippen LogP contribution in [-0.4, -0.2) is 27.5 Å². The highest BCUT2D eigenvalue weighted by molar-refractivity contribution is 5.94. The van der Waals surface area contributed by atoms with E-state index >= 15 is 0 Å². The van der Waals surface area contributed by atoms with Gasteiger partial charge in [0.25, 0.3) is 0 Å². The van der Waals surface area contributed by atoms with Gasteiger partial charge in [0.05, 0.1) is 18.0 Å². The van der Waals surface area contributed by atoms with Crippen LogP contribution in [0.3, 0.4) is 0 Å². The number of pyridine rings is 1. The molecule has 0 aliphatic carbocycles. The number of aromatic nitrogens is 3. The third kappa shape index (κ3) is 2.28. The van der Waals surface area contributed by atoms with E-state index in [1.165, 1.54) is 0 Å². The Bertz CT molecular complexity index is 868. The number of hydrogen-bond donors (Lipinski definition) is 1. The first kappa shape index (κ1) is 14.1. The van der Waals surface area contributed by atoms with Gasteiger partial charge in [0.1, 0.15) is 11.3 Å². The summed E-state index contributed by atoms with van der Waals surface area (Å²) in [7, 11) is 3.86. The summed E-state index contributed by atoms with van der Waals surface area (Å²) >= 11 is 0. The zero-order valence-electron chi connectivity index (χ0n) is 12.7. The molecule has 0 saturated carbocycles. The maximum absolute atomic E-state index is 11.4. The molecule has 0 saturated heterocycles. The highest BCUT2D eigenvalue weighted by Gasteiger charge is 2.12. The predicted molar refractivity (Wildman–Crippen MR) is 86.3 cm³/mol. The molecular weight excluding hydrogens is 278 g/mol. The zero-order valence-corrected chi connectivity index (χ0v) is 12.7. The minimum atomic E-state index is -0.440. The average molecular weight is 295 g/mol. The minimum Gasteiger partial charge on any atom is -0.366 e. The fraction of sp³-hybridized carbons (Fsp3) is 0.188. The lowest BCUT2D eigenvalue weighted by Crippen LogP contribution is -2.16. The van der Waals surface area contributed by atoms with Crippen LogP contribution in [0.1, 0.15) is 15.9 Å². The first-order valence-electron chi connectivity index (χ1n) is 6.88. The number of rotatable bonds is 3. The average Bonchev–Trinajstić information content (AvgIpc) is 2.88. The fourth-order valence-electron chi connectivity index (χ4n) is 2.45. The number of aryl methyl sites for hydroxylation is 2. The maximum Gasteiger partial charge on any atom is 0.248 e. The molecular formula is C16H17N5O. The van der Waals surface area contributed by atoms with E-state index in [1.54, 1.807) is 24.7 Å². The van der Waals surface area contributed by atoms with Crippen molar-refractivity contribution in [3.05, 3.63) is 47.9 Å². The highest BCUT2D eigenvalue weighted by atomic mass is 16.1. The molecule has 3 rings (SSSR count). The van der Waals surface area contributed by atoms with Gasteiger partial charge in [-0.2, -0.15) is 0 Å². The number of benzene rings is 1. The molecule has 2 N–H and O–H groups in total. The summed E-state index contributed by atoms with van der Waals surface area (Å²) in [5.41, 5.74) is 9.63. The van der Waals surface area contributed by atoms with Gasteiger partial charge in [0.2, 0.25) is 5.91 Å². The molecule has 0 bridgehead atoms. The molecule has 0 unspecified atom stereocenters. The Morgan fingerprint density at radius 1 is 1.27 bits per heavy atom. The molecule has 0 radical (unpaired) electrons. The van der Waals surface area contributed by atoms with E-state index in [0.29, 0.717) is 5.56 Å². The number of anilines is 2. The van der Waals surface area contributed by atoms with Crippen LogP contribution in [0.25, 0.3) is 11.0 Å². The van der Waals surface area contributed by atoms with Gasteiger partial charge < -0.3 is 15.2 Å². The van der Waals surface area contributed by atoms with Gasteiger partial charge >= 0.3 is 0 Å². The molecule has 0 aliphatic rings. The number of carbonyl (C=O) groups excluding carboxylic acids is 1. The van der Waals surface area contributed by atoms with E-state index in [0.717, 1.165) is 28.1 Å². The molecule has 0 aliphatic heterocycles. The van der Waals surface area contributed by atoms with Gasteiger partial charge in [-0.25, -0.2) is 9.97 Å². The lowest BCUT2D eigenvalue weighted by atomic mass is 10.1. The number of primary amides is 1. The number of nitrogens with zero attached hydrogens (tertiary/aromatic N) is 4. The van der Waals surface area contributed by atoms with Crippen LogP contribution in [0.2, 0.25) is 0 Å². The standard InChI is InChI=1S/C16H17N5O/c1-10-4-5-11(16(17)22)6-13(10)21(3)15-7-14-12(8-18-15)19-9-20(14)2/h4-9H,1-3H3,(H2,17,22). The van der Waals surface area contributed by atoms with Crippen molar-refractivity contribution in [3.8, 4) is 0 Å². The number of imidazole rings is 1. The van der Waals surface area contributed by atoms with Crippen molar-refractivity contribution in [2.45, 2.75) is 6.92 Å². The molecule has 1 amide bonds. The topological polar surface area (TPSA) is 77.0 Å². The molecule has 1 aromatic carbocycles. The number of amides is 1. The van der Waals surface area contributed by atoms with Gasteiger partial charge in [-0.15, -0.1) is 0 Å². The van der Waals surface area contributed by atoms with Crippen molar-refractivity contribution in [1.29, 1.82) is 0 Å². The monoisotopic (exact) mass is 295 g/mol. The molecule has 6 nitrogen and oxygen atoms in total. The smallest absolute Gasteiger partial charge is 0.248 e. The van der Waals surface area contributed by atoms with Crippen molar-refractivity contribution < 1.29 is 4.79 Å². The van der Waals surface area contributed by atoms with Gasteiger partial charge in [-0.3, -0.25) is 4.79 Å². The second-order valence-electron chi connectivity index (χ2n) is 5.31.